The van der Waals surface area contributed by atoms with Gasteiger partial charge in [-0.2, -0.15) is 0 Å². The molecule has 40 heavy (non-hydrogen) atoms. The molecule has 0 fully saturated rings. The van der Waals surface area contributed by atoms with Crippen LogP contribution in [0.15, 0.2) is 36.5 Å². The zero-order valence-electron chi connectivity index (χ0n) is 23.3. The number of carbonyl (C=O) groups is 5. The van der Waals surface area contributed by atoms with E-state index in [4.69, 9.17) is 9.84 Å². The Labute approximate surface area is 231 Å². The van der Waals surface area contributed by atoms with Crippen LogP contribution >= 0.6 is 0 Å². The van der Waals surface area contributed by atoms with Gasteiger partial charge in [-0.15, -0.1) is 5.10 Å². The van der Waals surface area contributed by atoms with Gasteiger partial charge < -0.3 is 30.9 Å². The van der Waals surface area contributed by atoms with Crippen LogP contribution in [0, 0.1) is 0 Å². The van der Waals surface area contributed by atoms with Gasteiger partial charge in [0.05, 0.1) is 17.9 Å². The molecule has 0 saturated carbocycles. The smallest absolute Gasteiger partial charge is 0.331 e. The summed E-state index contributed by atoms with van der Waals surface area (Å²) in [6.45, 7) is 8.96. The summed E-state index contributed by atoms with van der Waals surface area (Å²) in [5.74, 6) is -4.77. The average molecular weight is 561 g/mol. The topological polar surface area (TPSA) is 202 Å². The summed E-state index contributed by atoms with van der Waals surface area (Å²) in [5, 5.41) is 33.3. The van der Waals surface area contributed by atoms with Gasteiger partial charge in [0.15, 0.2) is 11.2 Å². The Morgan fingerprint density at radius 1 is 0.975 bits per heavy atom. The van der Waals surface area contributed by atoms with Gasteiger partial charge in [0.1, 0.15) is 18.6 Å². The maximum absolute atomic E-state index is 13.5. The molecule has 3 amide bonds. The molecule has 14 heteroatoms. The fourth-order valence-corrected chi connectivity index (χ4v) is 3.58. The van der Waals surface area contributed by atoms with E-state index in [1.54, 1.807) is 58.0 Å². The van der Waals surface area contributed by atoms with Crippen LogP contribution in [0.5, 0.6) is 0 Å². The maximum Gasteiger partial charge on any atom is 0.331 e. The summed E-state index contributed by atoms with van der Waals surface area (Å²) in [5.41, 5.74) is -1.73. The highest BCUT2D eigenvalue weighted by Crippen LogP contribution is 2.16. The monoisotopic (exact) mass is 560 g/mol. The minimum Gasteiger partial charge on any atom is -0.480 e. The molecule has 0 radical (unpaired) electrons. The molecular formula is C26H36N6O8. The predicted molar refractivity (Wildman–Crippen MR) is 141 cm³/mol. The van der Waals surface area contributed by atoms with E-state index < -0.39 is 65.5 Å². The van der Waals surface area contributed by atoms with E-state index in [0.29, 0.717) is 5.56 Å². The standard InChI is InChI=1S/C26H36N6O8/c1-15(40-25(2,3)4)20(29-22(36)18-14-32(31-30-18)26(5,6)24(38)39)23(37)28-17(21(35)27-13-19(33)34)12-16-10-8-7-9-11-16/h7-11,14-15,17,20H,12-13H2,1-6H3,(H,27,35)(H,28,37)(H,29,36)(H,33,34)(H,38,39)/t15-,17+,20+/m1/s1. The zero-order chi connectivity index (χ0) is 30.3. The van der Waals surface area contributed by atoms with Crippen molar-refractivity contribution in [2.45, 2.75) is 77.3 Å². The fraction of sp³-hybridized carbons (Fsp3) is 0.500. The lowest BCUT2D eigenvalue weighted by Crippen LogP contribution is -2.58. The molecule has 0 unspecified atom stereocenters. The van der Waals surface area contributed by atoms with Gasteiger partial charge in [-0.25, -0.2) is 9.48 Å². The fourth-order valence-electron chi connectivity index (χ4n) is 3.58. The van der Waals surface area contributed by atoms with E-state index in [2.05, 4.69) is 26.3 Å². The first-order valence-electron chi connectivity index (χ1n) is 12.5. The summed E-state index contributed by atoms with van der Waals surface area (Å²) < 4.78 is 6.93. The van der Waals surface area contributed by atoms with Crippen LogP contribution in [0.3, 0.4) is 0 Å². The number of aromatic nitrogens is 3. The molecule has 1 heterocycles. The van der Waals surface area contributed by atoms with Gasteiger partial charge in [-0.3, -0.25) is 19.2 Å². The van der Waals surface area contributed by atoms with Crippen LogP contribution in [0.2, 0.25) is 0 Å². The molecule has 0 saturated heterocycles. The number of aliphatic carboxylic acids is 2. The summed E-state index contributed by atoms with van der Waals surface area (Å²) in [7, 11) is 0. The second-order valence-electron chi connectivity index (χ2n) is 10.7. The number of hydrogen-bond acceptors (Lipinski definition) is 8. The Balaban J connectivity index is 2.33. The summed E-state index contributed by atoms with van der Waals surface area (Å²) >= 11 is 0. The molecule has 218 valence electrons. The summed E-state index contributed by atoms with van der Waals surface area (Å²) in [6.07, 6.45) is 0.297. The molecule has 2 rings (SSSR count). The summed E-state index contributed by atoms with van der Waals surface area (Å²) in [6, 6.07) is 6.29. The highest BCUT2D eigenvalue weighted by molar-refractivity contribution is 5.97. The van der Waals surface area contributed by atoms with Gasteiger partial charge in [-0.05, 0) is 47.1 Å². The quantitative estimate of drug-likeness (QED) is 0.227. The van der Waals surface area contributed by atoms with Crippen LogP contribution in [0.25, 0.3) is 0 Å². The van der Waals surface area contributed by atoms with Gasteiger partial charge in [0.25, 0.3) is 5.91 Å². The van der Waals surface area contributed by atoms with Gasteiger partial charge in [-0.1, -0.05) is 35.5 Å². The van der Waals surface area contributed by atoms with Gasteiger partial charge >= 0.3 is 11.9 Å². The van der Waals surface area contributed by atoms with Crippen molar-refractivity contribution in [2.75, 3.05) is 6.54 Å². The molecular weight excluding hydrogens is 524 g/mol. The number of hydrogen-bond donors (Lipinski definition) is 5. The number of nitrogens with one attached hydrogen (secondary N) is 3. The van der Waals surface area contributed by atoms with Crippen LogP contribution < -0.4 is 16.0 Å². The molecule has 0 aliphatic carbocycles. The molecule has 3 atom stereocenters. The highest BCUT2D eigenvalue weighted by atomic mass is 16.5. The number of carbonyl (C=O) groups excluding carboxylic acids is 3. The lowest BCUT2D eigenvalue weighted by molar-refractivity contribution is -0.146. The van der Waals surface area contributed by atoms with Crippen molar-refractivity contribution in [3.05, 3.63) is 47.8 Å². The van der Waals surface area contributed by atoms with Crippen LogP contribution in [0.1, 0.15) is 57.6 Å². The van der Waals surface area contributed by atoms with Gasteiger partial charge in [0, 0.05) is 6.42 Å². The SMILES string of the molecule is C[C@@H](OC(C)(C)C)[C@H](NC(=O)c1cn(C(C)(C)C(=O)O)nn1)C(=O)N[C@@H](Cc1ccccc1)C(=O)NCC(=O)O. The number of ether oxygens (including phenoxy) is 1. The molecule has 0 aliphatic heterocycles. The first-order valence-corrected chi connectivity index (χ1v) is 12.5. The van der Waals surface area contributed by atoms with E-state index in [-0.39, 0.29) is 12.1 Å². The minimum absolute atomic E-state index is 0.0474. The van der Waals surface area contributed by atoms with Crippen molar-refractivity contribution in [3.63, 3.8) is 0 Å². The molecule has 0 spiro atoms. The van der Waals surface area contributed by atoms with Crippen molar-refractivity contribution < 1.29 is 38.9 Å². The second kappa shape index (κ2) is 13.2. The molecule has 0 aliphatic rings. The largest absolute Gasteiger partial charge is 0.480 e. The predicted octanol–water partition coefficient (Wildman–Crippen LogP) is 0.328. The maximum atomic E-state index is 13.5. The number of rotatable bonds is 13. The van der Waals surface area contributed by atoms with E-state index in [9.17, 15) is 29.1 Å². The van der Waals surface area contributed by atoms with E-state index in [1.807, 2.05) is 0 Å². The van der Waals surface area contributed by atoms with Crippen LogP contribution in [0.4, 0.5) is 0 Å². The molecule has 5 N–H and O–H groups in total. The third kappa shape index (κ3) is 9.15. The Morgan fingerprint density at radius 3 is 2.15 bits per heavy atom. The first-order chi connectivity index (χ1) is 18.5. The highest BCUT2D eigenvalue weighted by Gasteiger charge is 2.35. The minimum atomic E-state index is -1.49. The number of nitrogens with zero attached hydrogens (tertiary/aromatic N) is 3. The third-order valence-electron chi connectivity index (χ3n) is 5.73. The molecule has 0 bridgehead atoms. The first kappa shape index (κ1) is 31.9. The number of amides is 3. The molecule has 1 aromatic carbocycles. The van der Waals surface area contributed by atoms with Crippen LogP contribution in [-0.2, 0) is 35.9 Å². The molecule has 14 nitrogen and oxygen atoms in total. The lowest BCUT2D eigenvalue weighted by Gasteiger charge is -2.31. The zero-order valence-corrected chi connectivity index (χ0v) is 23.3. The number of benzene rings is 1. The van der Waals surface area contributed by atoms with Crippen molar-refractivity contribution >= 4 is 29.7 Å². The van der Waals surface area contributed by atoms with E-state index in [1.165, 1.54) is 13.8 Å². The summed E-state index contributed by atoms with van der Waals surface area (Å²) in [4.78, 5) is 61.9. The van der Waals surface area contributed by atoms with E-state index >= 15 is 0 Å². The normalized spacial score (nSPS) is 13.9. The third-order valence-corrected chi connectivity index (χ3v) is 5.73. The van der Waals surface area contributed by atoms with Crippen molar-refractivity contribution in [1.82, 2.24) is 30.9 Å². The number of carboxylic acid groups (broad SMARTS) is 2. The lowest BCUT2D eigenvalue weighted by atomic mass is 10.0. The van der Waals surface area contributed by atoms with Crippen molar-refractivity contribution in [3.8, 4) is 0 Å². The Hall–Kier alpha value is -4.33. The number of carboxylic acids is 2. The molecule has 2 aromatic rings. The van der Waals surface area contributed by atoms with Crippen molar-refractivity contribution in [1.29, 1.82) is 0 Å². The van der Waals surface area contributed by atoms with Crippen LogP contribution in [-0.4, -0.2) is 85.2 Å². The van der Waals surface area contributed by atoms with E-state index in [0.717, 1.165) is 10.9 Å². The second-order valence-corrected chi connectivity index (χ2v) is 10.7. The molecule has 1 aromatic heterocycles. The van der Waals surface area contributed by atoms with Crippen molar-refractivity contribution in [2.24, 2.45) is 0 Å². The Morgan fingerprint density at radius 2 is 1.60 bits per heavy atom. The Bertz CT molecular complexity index is 1220. The van der Waals surface area contributed by atoms with Gasteiger partial charge in [0.2, 0.25) is 11.8 Å². The average Bonchev–Trinajstić information content (AvgIpc) is 3.36. The Kier molecular flexibility index (Phi) is 10.5.